The van der Waals surface area contributed by atoms with E-state index in [-0.39, 0.29) is 11.4 Å². The number of non-ortho nitro benzene ring substituents is 2. The third-order valence-electron chi connectivity index (χ3n) is 8.46. The summed E-state index contributed by atoms with van der Waals surface area (Å²) in [5.74, 6) is 0. The summed E-state index contributed by atoms with van der Waals surface area (Å²) >= 11 is 0. The summed E-state index contributed by atoms with van der Waals surface area (Å²) < 4.78 is 0. The van der Waals surface area contributed by atoms with E-state index in [1.54, 1.807) is 24.3 Å². The smallest absolute Gasteiger partial charge is 0.258 e. The summed E-state index contributed by atoms with van der Waals surface area (Å²) in [6.45, 7) is 0. The van der Waals surface area contributed by atoms with Gasteiger partial charge in [0.05, 0.1) is 54.7 Å². The summed E-state index contributed by atoms with van der Waals surface area (Å²) in [5, 5.41) is 22.6. The molecule has 0 aliphatic carbocycles. The summed E-state index contributed by atoms with van der Waals surface area (Å²) in [6.07, 6.45) is 0. The molecule has 6 aromatic carbocycles. The van der Waals surface area contributed by atoms with Gasteiger partial charge in [0.25, 0.3) is 11.4 Å². The molecule has 0 unspecified atom stereocenters. The number of rotatable bonds is 7. The minimum atomic E-state index is -0.461. The van der Waals surface area contributed by atoms with E-state index in [9.17, 15) is 20.2 Å². The third kappa shape index (κ3) is 5.67. The van der Waals surface area contributed by atoms with Crippen molar-refractivity contribution in [2.75, 3.05) is 0 Å². The lowest BCUT2D eigenvalue weighted by atomic mass is 10.0. The first kappa shape index (κ1) is 30.2. The molecular weight excluding hydrogens is 628 g/mol. The van der Waals surface area contributed by atoms with Gasteiger partial charge < -0.3 is 0 Å². The Morgan fingerprint density at radius 3 is 0.980 bits per heavy atom. The van der Waals surface area contributed by atoms with E-state index in [2.05, 4.69) is 0 Å². The lowest BCUT2D eigenvalue weighted by Gasteiger charge is -2.13. The molecular formula is C40H24N6O4. The quantitative estimate of drug-likeness (QED) is 0.122. The Hall–Kier alpha value is -7.20. The molecule has 8 rings (SSSR count). The van der Waals surface area contributed by atoms with E-state index in [4.69, 9.17) is 19.9 Å². The fraction of sp³-hybridized carbons (Fsp3) is 0. The summed E-state index contributed by atoms with van der Waals surface area (Å²) in [6, 6.07) is 44.0. The maximum Gasteiger partial charge on any atom is 0.269 e. The molecule has 0 saturated carbocycles. The topological polar surface area (TPSA) is 138 Å². The Morgan fingerprint density at radius 1 is 0.340 bits per heavy atom. The van der Waals surface area contributed by atoms with Crippen LogP contribution in [-0.2, 0) is 0 Å². The second kappa shape index (κ2) is 12.4. The zero-order chi connectivity index (χ0) is 34.2. The molecule has 2 heterocycles. The summed E-state index contributed by atoms with van der Waals surface area (Å²) in [4.78, 5) is 41.8. The highest BCUT2D eigenvalue weighted by Crippen LogP contribution is 2.36. The Kier molecular flexibility index (Phi) is 7.50. The van der Waals surface area contributed by atoms with Gasteiger partial charge in [0.1, 0.15) is 0 Å². The van der Waals surface area contributed by atoms with E-state index < -0.39 is 9.85 Å². The first-order valence-corrected chi connectivity index (χ1v) is 15.7. The number of aromatic nitrogens is 4. The van der Waals surface area contributed by atoms with Gasteiger partial charge in [0.2, 0.25) is 0 Å². The zero-order valence-corrected chi connectivity index (χ0v) is 26.2. The van der Waals surface area contributed by atoms with Crippen molar-refractivity contribution in [1.29, 1.82) is 0 Å². The van der Waals surface area contributed by atoms with Crippen LogP contribution >= 0.6 is 0 Å². The van der Waals surface area contributed by atoms with E-state index in [1.807, 2.05) is 97.1 Å². The standard InChI is InChI=1S/C40H24N6O4/c47-45(48)31-17-11-27(12-18-31)39-40(28-13-19-32(20-14-28)46(49)50)44-36-24-30(16-22-34(36)42-39)29-15-21-33-35(23-29)43-38(26-9-5-2-6-10-26)37(41-33)25-7-3-1-4-8-25/h1-24H. The van der Waals surface area contributed by atoms with Crippen molar-refractivity contribution in [3.05, 3.63) is 166 Å². The van der Waals surface area contributed by atoms with Crippen LogP contribution in [0.1, 0.15) is 0 Å². The van der Waals surface area contributed by atoms with Gasteiger partial charge in [-0.2, -0.15) is 0 Å². The lowest BCUT2D eigenvalue weighted by molar-refractivity contribution is -0.385. The average molecular weight is 653 g/mol. The van der Waals surface area contributed by atoms with Crippen LogP contribution in [0.2, 0.25) is 0 Å². The van der Waals surface area contributed by atoms with Gasteiger partial charge >= 0.3 is 0 Å². The van der Waals surface area contributed by atoms with Crippen molar-refractivity contribution in [2.24, 2.45) is 0 Å². The van der Waals surface area contributed by atoms with Crippen molar-refractivity contribution in [1.82, 2.24) is 19.9 Å². The molecule has 0 spiro atoms. The Labute approximate surface area is 284 Å². The number of fused-ring (bicyclic) bond motifs is 2. The first-order chi connectivity index (χ1) is 24.4. The van der Waals surface area contributed by atoms with Gasteiger partial charge in [0.15, 0.2) is 0 Å². The number of nitro groups is 2. The van der Waals surface area contributed by atoms with Crippen molar-refractivity contribution < 1.29 is 9.85 Å². The van der Waals surface area contributed by atoms with Crippen LogP contribution in [0.15, 0.2) is 146 Å². The molecule has 0 fully saturated rings. The minimum absolute atomic E-state index is 0.0451. The van der Waals surface area contributed by atoms with Crippen LogP contribution < -0.4 is 0 Å². The summed E-state index contributed by atoms with van der Waals surface area (Å²) in [5.41, 5.74) is 10.2. The van der Waals surface area contributed by atoms with Crippen LogP contribution in [0.5, 0.6) is 0 Å². The normalized spacial score (nSPS) is 11.1. The number of hydrogen-bond donors (Lipinski definition) is 0. The Morgan fingerprint density at radius 2 is 0.640 bits per heavy atom. The Bertz CT molecular complexity index is 2580. The predicted octanol–water partition coefficient (Wildman–Crippen LogP) is 9.72. The van der Waals surface area contributed by atoms with Crippen molar-refractivity contribution in [3.63, 3.8) is 0 Å². The molecule has 0 saturated heterocycles. The molecule has 0 radical (unpaired) electrons. The summed E-state index contributed by atoms with van der Waals surface area (Å²) in [7, 11) is 0. The minimum Gasteiger partial charge on any atom is -0.258 e. The van der Waals surface area contributed by atoms with E-state index >= 15 is 0 Å². The highest BCUT2D eigenvalue weighted by atomic mass is 16.6. The fourth-order valence-corrected chi connectivity index (χ4v) is 5.95. The molecule has 10 nitrogen and oxygen atoms in total. The second-order valence-electron chi connectivity index (χ2n) is 11.6. The molecule has 10 heteroatoms. The molecule has 2 aromatic heterocycles. The maximum absolute atomic E-state index is 11.3. The maximum atomic E-state index is 11.3. The monoisotopic (exact) mass is 652 g/mol. The lowest BCUT2D eigenvalue weighted by Crippen LogP contribution is -1.97. The van der Waals surface area contributed by atoms with Gasteiger partial charge in [0, 0.05) is 46.5 Å². The van der Waals surface area contributed by atoms with Crippen molar-refractivity contribution in [3.8, 4) is 56.2 Å². The van der Waals surface area contributed by atoms with Crippen molar-refractivity contribution >= 4 is 33.4 Å². The molecule has 0 aliphatic heterocycles. The van der Waals surface area contributed by atoms with E-state index in [0.717, 1.165) is 44.7 Å². The van der Waals surface area contributed by atoms with Crippen LogP contribution in [-0.4, -0.2) is 29.8 Å². The second-order valence-corrected chi connectivity index (χ2v) is 11.6. The van der Waals surface area contributed by atoms with Crippen LogP contribution in [0.25, 0.3) is 78.2 Å². The predicted molar refractivity (Wildman–Crippen MR) is 193 cm³/mol. The fourth-order valence-electron chi connectivity index (χ4n) is 5.95. The van der Waals surface area contributed by atoms with Gasteiger partial charge in [-0.15, -0.1) is 0 Å². The molecule has 0 aliphatic rings. The van der Waals surface area contributed by atoms with Crippen molar-refractivity contribution in [2.45, 2.75) is 0 Å². The van der Waals surface area contributed by atoms with E-state index in [1.165, 1.54) is 24.3 Å². The molecule has 238 valence electrons. The highest BCUT2D eigenvalue weighted by Gasteiger charge is 2.18. The van der Waals surface area contributed by atoms with Gasteiger partial charge in [-0.3, -0.25) is 20.2 Å². The van der Waals surface area contributed by atoms with Gasteiger partial charge in [-0.05, 0) is 59.7 Å². The SMILES string of the molecule is O=[N+]([O-])c1ccc(-c2nc3ccc(-c4ccc5nc(-c6ccccc6)c(-c6ccccc6)nc5c4)cc3nc2-c2ccc([N+](=O)[O-])cc2)cc1. The largest absolute Gasteiger partial charge is 0.269 e. The number of hydrogen-bond acceptors (Lipinski definition) is 8. The molecule has 0 atom stereocenters. The third-order valence-corrected chi connectivity index (χ3v) is 8.46. The van der Waals surface area contributed by atoms with Crippen LogP contribution in [0, 0.1) is 20.2 Å². The molecule has 50 heavy (non-hydrogen) atoms. The zero-order valence-electron chi connectivity index (χ0n) is 26.2. The van der Waals surface area contributed by atoms with E-state index in [0.29, 0.717) is 33.5 Å². The number of benzene rings is 6. The number of nitrogens with zero attached hydrogens (tertiary/aromatic N) is 6. The average Bonchev–Trinajstić information content (AvgIpc) is 3.17. The number of nitro benzene ring substituents is 2. The molecule has 0 amide bonds. The highest BCUT2D eigenvalue weighted by molar-refractivity contribution is 5.92. The Balaban J connectivity index is 1.26. The van der Waals surface area contributed by atoms with Crippen LogP contribution in [0.3, 0.4) is 0 Å². The first-order valence-electron chi connectivity index (χ1n) is 15.7. The van der Waals surface area contributed by atoms with Gasteiger partial charge in [-0.1, -0.05) is 72.8 Å². The molecule has 0 N–H and O–H groups in total. The van der Waals surface area contributed by atoms with Gasteiger partial charge in [-0.25, -0.2) is 19.9 Å². The van der Waals surface area contributed by atoms with Crippen LogP contribution in [0.4, 0.5) is 11.4 Å². The molecule has 0 bridgehead atoms. The molecule has 8 aromatic rings.